The molecule has 0 saturated carbocycles. The van der Waals surface area contributed by atoms with Gasteiger partial charge in [0, 0.05) is 37.7 Å². The third kappa shape index (κ3) is 5.16. The molecule has 1 heterocycles. The molecule has 1 aromatic heterocycles. The predicted molar refractivity (Wildman–Crippen MR) is 96.9 cm³/mol. The van der Waals surface area contributed by atoms with E-state index in [4.69, 9.17) is 9.52 Å². The summed E-state index contributed by atoms with van der Waals surface area (Å²) in [5.41, 5.74) is 0.178. The van der Waals surface area contributed by atoms with Crippen LogP contribution in [0.2, 0.25) is 0 Å². The normalized spacial score (nSPS) is 10.4. The number of benzene rings is 1. The lowest BCUT2D eigenvalue weighted by Gasteiger charge is -2.15. The van der Waals surface area contributed by atoms with Crippen molar-refractivity contribution < 1.29 is 28.8 Å². The number of carboxylic acid groups (broad SMARTS) is 1. The van der Waals surface area contributed by atoms with E-state index in [1.807, 2.05) is 0 Å². The van der Waals surface area contributed by atoms with Crippen LogP contribution in [0.25, 0.3) is 0 Å². The van der Waals surface area contributed by atoms with Crippen LogP contribution in [-0.2, 0) is 11.3 Å². The number of carbonyl (C=O) groups is 3. The summed E-state index contributed by atoms with van der Waals surface area (Å²) >= 11 is 0. The summed E-state index contributed by atoms with van der Waals surface area (Å²) < 4.78 is 5.33. The first-order valence-electron chi connectivity index (χ1n) is 8.28. The highest BCUT2D eigenvalue weighted by atomic mass is 16.6. The molecule has 0 aliphatic rings. The fourth-order valence-electron chi connectivity index (χ4n) is 2.47. The summed E-state index contributed by atoms with van der Waals surface area (Å²) in [6.45, 7) is 1.71. The number of nitrogens with one attached hydrogen (secondary N) is 1. The van der Waals surface area contributed by atoms with Crippen LogP contribution in [0.15, 0.2) is 34.7 Å². The van der Waals surface area contributed by atoms with Gasteiger partial charge in [0.25, 0.3) is 11.6 Å². The minimum absolute atomic E-state index is 0.0285. The lowest BCUT2D eigenvalue weighted by molar-refractivity contribution is -0.384. The average molecular weight is 389 g/mol. The summed E-state index contributed by atoms with van der Waals surface area (Å²) in [6, 6.07) is 6.49. The van der Waals surface area contributed by atoms with E-state index in [-0.39, 0.29) is 48.0 Å². The first-order chi connectivity index (χ1) is 13.2. The lowest BCUT2D eigenvalue weighted by atomic mass is 10.2. The van der Waals surface area contributed by atoms with Crippen molar-refractivity contribution in [1.82, 2.24) is 10.2 Å². The summed E-state index contributed by atoms with van der Waals surface area (Å²) in [5, 5.41) is 22.2. The minimum atomic E-state index is -1.10. The number of hydrogen-bond donors (Lipinski definition) is 2. The molecule has 148 valence electrons. The van der Waals surface area contributed by atoms with Gasteiger partial charge in [-0.05, 0) is 25.1 Å². The maximum atomic E-state index is 12.2. The predicted octanol–water partition coefficient (Wildman–Crippen LogP) is 1.97. The Balaban J connectivity index is 1.82. The van der Waals surface area contributed by atoms with E-state index in [0.29, 0.717) is 5.76 Å². The molecule has 0 radical (unpaired) electrons. The van der Waals surface area contributed by atoms with Gasteiger partial charge in [-0.1, -0.05) is 0 Å². The van der Waals surface area contributed by atoms with E-state index in [1.54, 1.807) is 7.05 Å². The van der Waals surface area contributed by atoms with E-state index >= 15 is 0 Å². The van der Waals surface area contributed by atoms with Crippen LogP contribution in [0.5, 0.6) is 0 Å². The zero-order chi connectivity index (χ0) is 20.8. The van der Waals surface area contributed by atoms with Crippen molar-refractivity contribution >= 4 is 23.5 Å². The molecular formula is C18H19N3O7. The van der Waals surface area contributed by atoms with Crippen LogP contribution in [0.1, 0.15) is 38.7 Å². The number of nitro benzene ring substituents is 1. The van der Waals surface area contributed by atoms with Crippen LogP contribution >= 0.6 is 0 Å². The van der Waals surface area contributed by atoms with Gasteiger partial charge < -0.3 is 19.7 Å². The monoisotopic (exact) mass is 389 g/mol. The van der Waals surface area contributed by atoms with Gasteiger partial charge >= 0.3 is 5.97 Å². The highest BCUT2D eigenvalue weighted by Crippen LogP contribution is 2.16. The van der Waals surface area contributed by atoms with Crippen LogP contribution in [-0.4, -0.2) is 46.3 Å². The molecule has 10 heteroatoms. The quantitative estimate of drug-likeness (QED) is 0.519. The molecule has 10 nitrogen and oxygen atoms in total. The summed E-state index contributed by atoms with van der Waals surface area (Å²) in [5.74, 6) is -1.21. The van der Waals surface area contributed by atoms with Gasteiger partial charge in [-0.25, -0.2) is 4.79 Å². The molecule has 0 spiro atoms. The second kappa shape index (κ2) is 8.80. The third-order valence-corrected chi connectivity index (χ3v) is 3.98. The Morgan fingerprint density at radius 1 is 1.25 bits per heavy atom. The summed E-state index contributed by atoms with van der Waals surface area (Å²) in [4.78, 5) is 46.6. The fraction of sp³-hybridized carbons (Fsp3) is 0.278. The maximum Gasteiger partial charge on any atom is 0.339 e. The molecule has 28 heavy (non-hydrogen) atoms. The Hall–Kier alpha value is -3.69. The maximum absolute atomic E-state index is 12.2. The highest BCUT2D eigenvalue weighted by Gasteiger charge is 2.17. The van der Waals surface area contributed by atoms with Crippen molar-refractivity contribution in [3.8, 4) is 0 Å². The lowest BCUT2D eigenvalue weighted by Crippen LogP contribution is -2.31. The van der Waals surface area contributed by atoms with Crippen molar-refractivity contribution in [2.24, 2.45) is 0 Å². The van der Waals surface area contributed by atoms with Gasteiger partial charge in [0.05, 0.1) is 11.5 Å². The van der Waals surface area contributed by atoms with Crippen LogP contribution in [0.3, 0.4) is 0 Å². The van der Waals surface area contributed by atoms with E-state index in [0.717, 1.165) is 0 Å². The van der Waals surface area contributed by atoms with Gasteiger partial charge in [0.15, 0.2) is 0 Å². The topological polar surface area (TPSA) is 143 Å². The summed E-state index contributed by atoms with van der Waals surface area (Å²) in [6.07, 6.45) is 0.0285. The molecular weight excluding hydrogens is 370 g/mol. The molecule has 2 rings (SSSR count). The van der Waals surface area contributed by atoms with Gasteiger partial charge in [0.1, 0.15) is 17.1 Å². The van der Waals surface area contributed by atoms with Gasteiger partial charge in [-0.2, -0.15) is 0 Å². The van der Waals surface area contributed by atoms with Crippen LogP contribution in [0.4, 0.5) is 5.69 Å². The highest BCUT2D eigenvalue weighted by molar-refractivity contribution is 5.94. The third-order valence-electron chi connectivity index (χ3n) is 3.98. The van der Waals surface area contributed by atoms with E-state index in [9.17, 15) is 24.5 Å². The molecule has 0 aliphatic heterocycles. The molecule has 1 aromatic carbocycles. The molecule has 2 aromatic rings. The molecule has 0 atom stereocenters. The Kier molecular flexibility index (Phi) is 6.48. The number of amides is 2. The Labute approximate surface area is 159 Å². The van der Waals surface area contributed by atoms with Crippen molar-refractivity contribution in [2.45, 2.75) is 19.9 Å². The average Bonchev–Trinajstić information content (AvgIpc) is 3.01. The Bertz CT molecular complexity index is 902. The molecule has 0 fully saturated rings. The number of aromatic carboxylic acids is 1. The standard InChI is InChI=1S/C18H19N3O7/c1-11-15(18(24)25)9-14(28-11)10-20(2)16(22)7-8-19-17(23)12-3-5-13(6-4-12)21(26)27/h3-6,9H,7-8,10H2,1-2H3,(H,19,23)(H,24,25). The van der Waals surface area contributed by atoms with E-state index in [2.05, 4.69) is 5.32 Å². The molecule has 2 N–H and O–H groups in total. The van der Waals surface area contributed by atoms with E-state index in [1.165, 1.54) is 42.2 Å². The Morgan fingerprint density at radius 2 is 1.89 bits per heavy atom. The Morgan fingerprint density at radius 3 is 2.43 bits per heavy atom. The first kappa shape index (κ1) is 20.6. The number of nitro groups is 1. The number of carboxylic acids is 1. The first-order valence-corrected chi connectivity index (χ1v) is 8.28. The number of non-ortho nitro benzene ring substituents is 1. The molecule has 2 amide bonds. The second-order valence-electron chi connectivity index (χ2n) is 6.05. The van der Waals surface area contributed by atoms with Crippen molar-refractivity contribution in [2.75, 3.05) is 13.6 Å². The number of rotatable bonds is 8. The number of aryl methyl sites for hydroxylation is 1. The zero-order valence-corrected chi connectivity index (χ0v) is 15.3. The second-order valence-corrected chi connectivity index (χ2v) is 6.05. The van der Waals surface area contributed by atoms with E-state index < -0.39 is 16.8 Å². The zero-order valence-electron chi connectivity index (χ0n) is 15.3. The fourth-order valence-corrected chi connectivity index (χ4v) is 2.47. The smallest absolute Gasteiger partial charge is 0.339 e. The van der Waals surface area contributed by atoms with Gasteiger partial charge in [-0.15, -0.1) is 0 Å². The van der Waals surface area contributed by atoms with Crippen LogP contribution in [0, 0.1) is 17.0 Å². The minimum Gasteiger partial charge on any atom is -0.478 e. The number of furan rings is 1. The largest absolute Gasteiger partial charge is 0.478 e. The molecule has 0 bridgehead atoms. The molecule has 0 unspecified atom stereocenters. The van der Waals surface area contributed by atoms with Crippen LogP contribution < -0.4 is 5.32 Å². The van der Waals surface area contributed by atoms with Gasteiger partial charge in [0.2, 0.25) is 5.91 Å². The van der Waals surface area contributed by atoms with Crippen molar-refractivity contribution in [3.05, 3.63) is 63.1 Å². The van der Waals surface area contributed by atoms with Gasteiger partial charge in [-0.3, -0.25) is 19.7 Å². The molecule has 0 saturated heterocycles. The number of nitrogens with zero attached hydrogens (tertiary/aromatic N) is 2. The molecule has 0 aliphatic carbocycles. The van der Waals surface area contributed by atoms with Crippen molar-refractivity contribution in [3.63, 3.8) is 0 Å². The SMILES string of the molecule is Cc1oc(CN(C)C(=O)CCNC(=O)c2ccc([N+](=O)[O-])cc2)cc1C(=O)O. The van der Waals surface area contributed by atoms with Crippen molar-refractivity contribution in [1.29, 1.82) is 0 Å². The number of carbonyl (C=O) groups excluding carboxylic acids is 2. The number of hydrogen-bond acceptors (Lipinski definition) is 6. The summed E-state index contributed by atoms with van der Waals surface area (Å²) in [7, 11) is 1.54.